The van der Waals surface area contributed by atoms with Gasteiger partial charge in [-0.3, -0.25) is 0 Å². The fraction of sp³-hybridized carbons (Fsp3) is 0.684. The second kappa shape index (κ2) is 7.84. The predicted octanol–water partition coefficient (Wildman–Crippen LogP) is 4.69. The Hall–Kier alpha value is -1.02. The molecule has 0 aliphatic heterocycles. The zero-order valence-corrected chi connectivity index (χ0v) is 15.0. The van der Waals surface area contributed by atoms with Crippen molar-refractivity contribution in [1.29, 1.82) is 0 Å². The van der Waals surface area contributed by atoms with Gasteiger partial charge in [-0.25, -0.2) is 0 Å². The Labute approximate surface area is 131 Å². The molecule has 0 unspecified atom stereocenters. The molecule has 1 aromatic rings. The molecule has 0 aliphatic rings. The normalized spacial score (nSPS) is 12.2. The van der Waals surface area contributed by atoms with E-state index in [-0.39, 0.29) is 5.54 Å². The Morgan fingerprint density at radius 3 is 1.95 bits per heavy atom. The number of para-hydroxylation sites is 1. The van der Waals surface area contributed by atoms with Gasteiger partial charge in [-0.2, -0.15) is 0 Å². The molecule has 0 amide bonds. The maximum Gasteiger partial charge on any atom is 0.0412 e. The van der Waals surface area contributed by atoms with Gasteiger partial charge in [0.2, 0.25) is 0 Å². The van der Waals surface area contributed by atoms with Crippen LogP contribution in [0.3, 0.4) is 0 Å². The molecule has 1 aromatic carbocycles. The first-order valence-corrected chi connectivity index (χ1v) is 8.27. The molecule has 1 rings (SSSR count). The van der Waals surface area contributed by atoms with Crippen molar-refractivity contribution in [2.24, 2.45) is 11.8 Å². The van der Waals surface area contributed by atoms with Gasteiger partial charge in [0, 0.05) is 30.9 Å². The van der Waals surface area contributed by atoms with Crippen LogP contribution in [0.4, 0.5) is 5.69 Å². The van der Waals surface area contributed by atoms with Crippen molar-refractivity contribution in [3.05, 3.63) is 29.8 Å². The summed E-state index contributed by atoms with van der Waals surface area (Å²) >= 11 is 0. The van der Waals surface area contributed by atoms with Crippen molar-refractivity contribution >= 4 is 5.69 Å². The molecule has 0 heterocycles. The standard InChI is InChI=1S/C19H34N2/c1-15(2)13-21(14-16(3)4)18-11-9-8-10-17(18)12-20-19(5,6)7/h8-11,15-16,20H,12-14H2,1-7H3. The Morgan fingerprint density at radius 1 is 0.952 bits per heavy atom. The van der Waals surface area contributed by atoms with Crippen molar-refractivity contribution in [3.63, 3.8) is 0 Å². The van der Waals surface area contributed by atoms with Crippen LogP contribution >= 0.6 is 0 Å². The lowest BCUT2D eigenvalue weighted by atomic mass is 10.1. The zero-order valence-electron chi connectivity index (χ0n) is 15.0. The first-order valence-electron chi connectivity index (χ1n) is 8.27. The minimum atomic E-state index is 0.147. The monoisotopic (exact) mass is 290 g/mol. The molecule has 0 aromatic heterocycles. The Morgan fingerprint density at radius 2 is 1.48 bits per heavy atom. The molecule has 120 valence electrons. The number of nitrogens with one attached hydrogen (secondary N) is 1. The minimum Gasteiger partial charge on any atom is -0.371 e. The zero-order chi connectivity index (χ0) is 16.0. The fourth-order valence-electron chi connectivity index (χ4n) is 2.48. The van der Waals surface area contributed by atoms with Gasteiger partial charge in [-0.15, -0.1) is 0 Å². The number of benzene rings is 1. The van der Waals surface area contributed by atoms with E-state index < -0.39 is 0 Å². The van der Waals surface area contributed by atoms with Gasteiger partial charge < -0.3 is 10.2 Å². The topological polar surface area (TPSA) is 15.3 Å². The van der Waals surface area contributed by atoms with Gasteiger partial charge in [-0.05, 0) is 44.2 Å². The van der Waals surface area contributed by atoms with E-state index in [1.165, 1.54) is 11.3 Å². The van der Waals surface area contributed by atoms with Crippen LogP contribution in [-0.4, -0.2) is 18.6 Å². The molecule has 0 saturated heterocycles. The highest BCUT2D eigenvalue weighted by molar-refractivity contribution is 5.53. The van der Waals surface area contributed by atoms with Crippen LogP contribution in [0.25, 0.3) is 0 Å². The van der Waals surface area contributed by atoms with E-state index in [0.717, 1.165) is 19.6 Å². The molecule has 0 atom stereocenters. The Kier molecular flexibility index (Phi) is 6.73. The largest absolute Gasteiger partial charge is 0.371 e. The Balaban J connectivity index is 2.95. The van der Waals surface area contributed by atoms with E-state index in [1.807, 2.05) is 0 Å². The van der Waals surface area contributed by atoms with Crippen molar-refractivity contribution in [2.45, 2.75) is 60.5 Å². The van der Waals surface area contributed by atoms with Crippen LogP contribution in [0.5, 0.6) is 0 Å². The van der Waals surface area contributed by atoms with Crippen molar-refractivity contribution in [2.75, 3.05) is 18.0 Å². The summed E-state index contributed by atoms with van der Waals surface area (Å²) in [6.45, 7) is 19.0. The van der Waals surface area contributed by atoms with Crippen molar-refractivity contribution in [1.82, 2.24) is 5.32 Å². The van der Waals surface area contributed by atoms with E-state index in [0.29, 0.717) is 11.8 Å². The molecule has 2 heteroatoms. The second-order valence-corrected chi connectivity index (χ2v) is 7.92. The highest BCUT2D eigenvalue weighted by Gasteiger charge is 2.15. The van der Waals surface area contributed by atoms with E-state index in [4.69, 9.17) is 0 Å². The summed E-state index contributed by atoms with van der Waals surface area (Å²) in [7, 11) is 0. The van der Waals surface area contributed by atoms with Crippen LogP contribution < -0.4 is 10.2 Å². The highest BCUT2D eigenvalue weighted by atomic mass is 15.1. The molecular formula is C19H34N2. The molecule has 0 radical (unpaired) electrons. The molecule has 0 saturated carbocycles. The van der Waals surface area contributed by atoms with Gasteiger partial charge in [0.05, 0.1) is 0 Å². The van der Waals surface area contributed by atoms with Crippen LogP contribution in [0.2, 0.25) is 0 Å². The van der Waals surface area contributed by atoms with E-state index in [2.05, 4.69) is 82.9 Å². The lowest BCUT2D eigenvalue weighted by molar-refractivity contribution is 0.424. The lowest BCUT2D eigenvalue weighted by Crippen LogP contribution is -2.36. The summed E-state index contributed by atoms with van der Waals surface area (Å²) in [5, 5.41) is 3.61. The molecule has 0 aliphatic carbocycles. The van der Waals surface area contributed by atoms with Crippen LogP contribution in [-0.2, 0) is 6.54 Å². The number of rotatable bonds is 7. The molecule has 0 fully saturated rings. The van der Waals surface area contributed by atoms with Crippen LogP contribution in [0.1, 0.15) is 54.0 Å². The third kappa shape index (κ3) is 6.99. The number of hydrogen-bond donors (Lipinski definition) is 1. The van der Waals surface area contributed by atoms with Gasteiger partial charge >= 0.3 is 0 Å². The van der Waals surface area contributed by atoms with Crippen molar-refractivity contribution < 1.29 is 0 Å². The molecule has 2 nitrogen and oxygen atoms in total. The van der Waals surface area contributed by atoms with Gasteiger partial charge in [0.25, 0.3) is 0 Å². The van der Waals surface area contributed by atoms with Gasteiger partial charge in [-0.1, -0.05) is 45.9 Å². The molecule has 0 spiro atoms. The fourth-order valence-corrected chi connectivity index (χ4v) is 2.48. The minimum absolute atomic E-state index is 0.147. The van der Waals surface area contributed by atoms with Crippen molar-refractivity contribution in [3.8, 4) is 0 Å². The van der Waals surface area contributed by atoms with E-state index in [1.54, 1.807) is 0 Å². The summed E-state index contributed by atoms with van der Waals surface area (Å²) in [4.78, 5) is 2.55. The van der Waals surface area contributed by atoms with E-state index in [9.17, 15) is 0 Å². The summed E-state index contributed by atoms with van der Waals surface area (Å²) in [5.74, 6) is 1.35. The Bertz CT molecular complexity index is 406. The first-order chi connectivity index (χ1) is 9.69. The summed E-state index contributed by atoms with van der Waals surface area (Å²) in [5.41, 5.74) is 2.93. The van der Waals surface area contributed by atoms with Crippen LogP contribution in [0.15, 0.2) is 24.3 Å². The summed E-state index contributed by atoms with van der Waals surface area (Å²) < 4.78 is 0. The van der Waals surface area contributed by atoms with Gasteiger partial charge in [0.1, 0.15) is 0 Å². The average molecular weight is 290 g/mol. The number of hydrogen-bond acceptors (Lipinski definition) is 2. The summed E-state index contributed by atoms with van der Waals surface area (Å²) in [6.07, 6.45) is 0. The maximum absolute atomic E-state index is 3.61. The molecule has 21 heavy (non-hydrogen) atoms. The molecular weight excluding hydrogens is 256 g/mol. The van der Waals surface area contributed by atoms with Crippen LogP contribution in [0, 0.1) is 11.8 Å². The highest BCUT2D eigenvalue weighted by Crippen LogP contribution is 2.23. The number of nitrogens with zero attached hydrogens (tertiary/aromatic N) is 1. The maximum atomic E-state index is 3.61. The lowest BCUT2D eigenvalue weighted by Gasteiger charge is -2.31. The third-order valence-electron chi connectivity index (χ3n) is 3.31. The van der Waals surface area contributed by atoms with Gasteiger partial charge in [0.15, 0.2) is 0 Å². The smallest absolute Gasteiger partial charge is 0.0412 e. The second-order valence-electron chi connectivity index (χ2n) is 7.92. The molecule has 0 bridgehead atoms. The molecule has 1 N–H and O–H groups in total. The number of anilines is 1. The predicted molar refractivity (Wildman–Crippen MR) is 94.9 cm³/mol. The quantitative estimate of drug-likeness (QED) is 0.783. The van der Waals surface area contributed by atoms with E-state index >= 15 is 0 Å². The SMILES string of the molecule is CC(C)CN(CC(C)C)c1ccccc1CNC(C)(C)C. The first kappa shape index (κ1) is 18.0. The average Bonchev–Trinajstić information content (AvgIpc) is 2.34. The third-order valence-corrected chi connectivity index (χ3v) is 3.31. The summed E-state index contributed by atoms with van der Waals surface area (Å²) in [6, 6.07) is 8.82.